The first-order valence-corrected chi connectivity index (χ1v) is 8.05. The summed E-state index contributed by atoms with van der Waals surface area (Å²) in [5, 5.41) is 2.75. The molecule has 2 aromatic rings. The predicted molar refractivity (Wildman–Crippen MR) is 86.3 cm³/mol. The van der Waals surface area contributed by atoms with Gasteiger partial charge in [-0.3, -0.25) is 9.59 Å². The van der Waals surface area contributed by atoms with Gasteiger partial charge in [0.05, 0.1) is 0 Å². The van der Waals surface area contributed by atoms with Gasteiger partial charge in [-0.25, -0.2) is 4.39 Å². The normalized spacial score (nSPS) is 10.4. The van der Waals surface area contributed by atoms with Crippen LogP contribution in [-0.4, -0.2) is 22.8 Å². The molecule has 0 aliphatic heterocycles. The molecule has 4 nitrogen and oxygen atoms in total. The number of rotatable bonds is 7. The molecule has 1 heterocycles. The second-order valence-electron chi connectivity index (χ2n) is 4.66. The topological polar surface area (TPSA) is 51.1 Å². The minimum Gasteiger partial charge on any atom is -0.354 e. The molecule has 0 aliphatic rings. The quantitative estimate of drug-likeness (QED) is 0.794. The molecule has 0 fully saturated rings. The Labute approximate surface area is 132 Å². The molecule has 1 amide bonds. The lowest BCUT2D eigenvalue weighted by Gasteiger charge is -2.07. The fraction of sp³-hybridized carbons (Fsp3) is 0.250. The second-order valence-corrected chi connectivity index (χ2v) is 5.77. The number of carbonyl (C=O) groups excluding carboxylic acids is 1. The SMILES string of the molecule is O=C(Cn1ccccc1=O)NCCSCc1ccccc1F. The molecule has 0 unspecified atom stereocenters. The number of pyridine rings is 1. The molecule has 116 valence electrons. The van der Waals surface area contributed by atoms with E-state index in [0.717, 1.165) is 0 Å². The molecule has 0 aliphatic carbocycles. The summed E-state index contributed by atoms with van der Waals surface area (Å²) in [5.74, 6) is 0.840. The zero-order valence-corrected chi connectivity index (χ0v) is 12.8. The van der Waals surface area contributed by atoms with Crippen molar-refractivity contribution < 1.29 is 9.18 Å². The monoisotopic (exact) mass is 320 g/mol. The molecule has 0 saturated heterocycles. The van der Waals surface area contributed by atoms with E-state index in [2.05, 4.69) is 5.32 Å². The van der Waals surface area contributed by atoms with Crippen LogP contribution in [0.15, 0.2) is 53.5 Å². The molecule has 1 N–H and O–H groups in total. The highest BCUT2D eigenvalue weighted by Crippen LogP contribution is 2.14. The maximum Gasteiger partial charge on any atom is 0.250 e. The Morgan fingerprint density at radius 3 is 2.73 bits per heavy atom. The lowest BCUT2D eigenvalue weighted by molar-refractivity contribution is -0.121. The average molecular weight is 320 g/mol. The Morgan fingerprint density at radius 1 is 1.18 bits per heavy atom. The number of halogens is 1. The molecular weight excluding hydrogens is 303 g/mol. The Hall–Kier alpha value is -2.08. The van der Waals surface area contributed by atoms with Crippen molar-refractivity contribution in [3.05, 3.63) is 70.4 Å². The first kappa shape index (κ1) is 16.3. The van der Waals surface area contributed by atoms with Gasteiger partial charge in [0.2, 0.25) is 5.91 Å². The van der Waals surface area contributed by atoms with E-state index in [-0.39, 0.29) is 23.8 Å². The van der Waals surface area contributed by atoms with Crippen molar-refractivity contribution in [2.75, 3.05) is 12.3 Å². The van der Waals surface area contributed by atoms with Crippen LogP contribution in [0.3, 0.4) is 0 Å². The van der Waals surface area contributed by atoms with E-state index < -0.39 is 0 Å². The van der Waals surface area contributed by atoms with Gasteiger partial charge < -0.3 is 9.88 Å². The summed E-state index contributed by atoms with van der Waals surface area (Å²) in [6.45, 7) is 0.497. The molecule has 1 aromatic heterocycles. The van der Waals surface area contributed by atoms with E-state index >= 15 is 0 Å². The maximum atomic E-state index is 13.4. The Kier molecular flexibility index (Phi) is 6.21. The number of hydrogen-bond acceptors (Lipinski definition) is 3. The van der Waals surface area contributed by atoms with Crippen LogP contribution in [0, 0.1) is 5.82 Å². The molecule has 2 rings (SSSR count). The van der Waals surface area contributed by atoms with Crippen molar-refractivity contribution in [2.24, 2.45) is 0 Å². The van der Waals surface area contributed by atoms with Crippen molar-refractivity contribution in [3.63, 3.8) is 0 Å². The number of nitrogens with zero attached hydrogens (tertiary/aromatic N) is 1. The van der Waals surface area contributed by atoms with Gasteiger partial charge in [-0.1, -0.05) is 24.3 Å². The van der Waals surface area contributed by atoms with Crippen molar-refractivity contribution in [1.29, 1.82) is 0 Å². The van der Waals surface area contributed by atoms with Gasteiger partial charge in [-0.05, 0) is 17.7 Å². The van der Waals surface area contributed by atoms with E-state index in [1.54, 1.807) is 48.3 Å². The maximum absolute atomic E-state index is 13.4. The molecule has 1 aromatic carbocycles. The van der Waals surface area contributed by atoms with Crippen molar-refractivity contribution >= 4 is 17.7 Å². The standard InChI is InChI=1S/C16H17FN2O2S/c17-14-6-2-1-5-13(14)12-22-10-8-18-15(20)11-19-9-4-3-7-16(19)21/h1-7,9H,8,10-12H2,(H,18,20). The van der Waals surface area contributed by atoms with Crippen LogP contribution >= 0.6 is 11.8 Å². The third kappa shape index (κ3) is 5.04. The van der Waals surface area contributed by atoms with Gasteiger partial charge in [0.1, 0.15) is 12.4 Å². The largest absolute Gasteiger partial charge is 0.354 e. The fourth-order valence-corrected chi connectivity index (χ4v) is 2.71. The minimum absolute atomic E-state index is 0.0116. The predicted octanol–water partition coefficient (Wildman–Crippen LogP) is 2.04. The summed E-state index contributed by atoms with van der Waals surface area (Å²) in [6, 6.07) is 11.4. The number of nitrogens with one attached hydrogen (secondary N) is 1. The Balaban J connectivity index is 1.67. The number of amides is 1. The summed E-state index contributed by atoms with van der Waals surface area (Å²) in [7, 11) is 0. The van der Waals surface area contributed by atoms with Crippen molar-refractivity contribution in [2.45, 2.75) is 12.3 Å². The highest BCUT2D eigenvalue weighted by molar-refractivity contribution is 7.98. The van der Waals surface area contributed by atoms with E-state index in [1.165, 1.54) is 16.7 Å². The molecular formula is C16H17FN2O2S. The van der Waals surface area contributed by atoms with Crippen LogP contribution in [0.25, 0.3) is 0 Å². The summed E-state index contributed by atoms with van der Waals surface area (Å²) < 4.78 is 14.7. The molecule has 0 bridgehead atoms. The van der Waals surface area contributed by atoms with Gasteiger partial charge in [0, 0.05) is 30.3 Å². The smallest absolute Gasteiger partial charge is 0.250 e. The molecule has 22 heavy (non-hydrogen) atoms. The minimum atomic E-state index is -0.209. The van der Waals surface area contributed by atoms with Gasteiger partial charge >= 0.3 is 0 Å². The van der Waals surface area contributed by atoms with Crippen LogP contribution < -0.4 is 10.9 Å². The van der Waals surface area contributed by atoms with Crippen LogP contribution in [-0.2, 0) is 17.1 Å². The number of benzene rings is 1. The summed E-state index contributed by atoms with van der Waals surface area (Å²) >= 11 is 1.55. The summed E-state index contributed by atoms with van der Waals surface area (Å²) in [4.78, 5) is 23.2. The fourth-order valence-electron chi connectivity index (χ4n) is 1.86. The van der Waals surface area contributed by atoms with Crippen LogP contribution in [0.5, 0.6) is 0 Å². The highest BCUT2D eigenvalue weighted by Gasteiger charge is 2.04. The lowest BCUT2D eigenvalue weighted by Crippen LogP contribution is -2.32. The third-order valence-electron chi connectivity index (χ3n) is 3.00. The first-order valence-electron chi connectivity index (χ1n) is 6.90. The molecule has 0 saturated carbocycles. The Morgan fingerprint density at radius 2 is 1.95 bits per heavy atom. The van der Waals surface area contributed by atoms with E-state index in [1.807, 2.05) is 0 Å². The van der Waals surface area contributed by atoms with Crippen LogP contribution in [0.1, 0.15) is 5.56 Å². The van der Waals surface area contributed by atoms with E-state index in [0.29, 0.717) is 23.6 Å². The van der Waals surface area contributed by atoms with Gasteiger partial charge in [-0.2, -0.15) is 11.8 Å². The second kappa shape index (κ2) is 8.38. The van der Waals surface area contributed by atoms with Gasteiger partial charge in [-0.15, -0.1) is 0 Å². The summed E-state index contributed by atoms with van der Waals surface area (Å²) in [6.07, 6.45) is 1.58. The van der Waals surface area contributed by atoms with E-state index in [4.69, 9.17) is 0 Å². The number of hydrogen-bond donors (Lipinski definition) is 1. The van der Waals surface area contributed by atoms with Gasteiger partial charge in [0.15, 0.2) is 0 Å². The highest BCUT2D eigenvalue weighted by atomic mass is 32.2. The molecule has 6 heteroatoms. The zero-order valence-electron chi connectivity index (χ0n) is 12.0. The Bertz CT molecular complexity index is 688. The molecule has 0 spiro atoms. The molecule has 0 atom stereocenters. The van der Waals surface area contributed by atoms with Crippen LogP contribution in [0.4, 0.5) is 4.39 Å². The van der Waals surface area contributed by atoms with Gasteiger partial charge in [0.25, 0.3) is 5.56 Å². The summed E-state index contributed by atoms with van der Waals surface area (Å²) in [5.41, 5.74) is 0.459. The van der Waals surface area contributed by atoms with Crippen molar-refractivity contribution in [1.82, 2.24) is 9.88 Å². The zero-order chi connectivity index (χ0) is 15.8. The number of aromatic nitrogens is 1. The lowest BCUT2D eigenvalue weighted by atomic mass is 10.2. The number of thioether (sulfide) groups is 1. The molecule has 0 radical (unpaired) electrons. The van der Waals surface area contributed by atoms with Crippen LogP contribution in [0.2, 0.25) is 0 Å². The van der Waals surface area contributed by atoms with E-state index in [9.17, 15) is 14.0 Å². The first-order chi connectivity index (χ1) is 10.7. The number of carbonyl (C=O) groups is 1. The van der Waals surface area contributed by atoms with Crippen molar-refractivity contribution in [3.8, 4) is 0 Å². The third-order valence-corrected chi connectivity index (χ3v) is 4.00. The average Bonchev–Trinajstić information content (AvgIpc) is 2.51.